The minimum absolute atomic E-state index is 0.287. The van der Waals surface area contributed by atoms with E-state index < -0.39 is 5.97 Å². The molecule has 0 radical (unpaired) electrons. The summed E-state index contributed by atoms with van der Waals surface area (Å²) < 4.78 is 5.05. The first-order chi connectivity index (χ1) is 11.0. The van der Waals surface area contributed by atoms with Crippen molar-refractivity contribution in [3.05, 3.63) is 56.2 Å². The molecule has 1 aromatic heterocycles. The molecule has 0 fully saturated rings. The van der Waals surface area contributed by atoms with Crippen LogP contribution in [-0.4, -0.2) is 18.5 Å². The molecule has 0 atom stereocenters. The summed E-state index contributed by atoms with van der Waals surface area (Å²) in [5, 5.41) is 3.34. The molecule has 1 aromatic carbocycles. The highest BCUT2D eigenvalue weighted by Gasteiger charge is 2.14. The Balaban J connectivity index is 1.79. The van der Waals surface area contributed by atoms with Crippen molar-refractivity contribution in [2.75, 3.05) is 6.61 Å². The number of carbonyl (C=O) groups excluding carboxylic acids is 2. The molecule has 2 rings (SSSR count). The average Bonchev–Trinajstić information content (AvgIpc) is 2.93. The van der Waals surface area contributed by atoms with Crippen molar-refractivity contribution in [1.82, 2.24) is 5.32 Å². The van der Waals surface area contributed by atoms with Crippen LogP contribution in [0.5, 0.6) is 0 Å². The smallest absolute Gasteiger partial charge is 0.348 e. The molecule has 6 heteroatoms. The molecule has 0 unspecified atom stereocenters. The van der Waals surface area contributed by atoms with Crippen LogP contribution in [-0.2, 0) is 22.5 Å². The molecule has 0 aliphatic rings. The van der Waals surface area contributed by atoms with E-state index in [0.29, 0.717) is 16.4 Å². The summed E-state index contributed by atoms with van der Waals surface area (Å²) in [4.78, 5) is 25.3. The molecule has 0 saturated carbocycles. The number of rotatable bonds is 6. The van der Waals surface area contributed by atoms with Gasteiger partial charge in [0.05, 0.1) is 0 Å². The number of halogens is 1. The van der Waals surface area contributed by atoms with Gasteiger partial charge in [0.15, 0.2) is 6.61 Å². The van der Waals surface area contributed by atoms with Gasteiger partial charge in [0.2, 0.25) is 0 Å². The molecule has 2 aromatic rings. The van der Waals surface area contributed by atoms with Gasteiger partial charge >= 0.3 is 5.97 Å². The molecule has 4 nitrogen and oxygen atoms in total. The first-order valence-corrected chi connectivity index (χ1v) is 8.46. The number of esters is 1. The average molecular weight is 352 g/mol. The summed E-state index contributed by atoms with van der Waals surface area (Å²) in [6.07, 6.45) is 0.872. The fourth-order valence-corrected chi connectivity index (χ4v) is 3.16. The van der Waals surface area contributed by atoms with Crippen LogP contribution in [0, 0.1) is 6.92 Å². The highest BCUT2D eigenvalue weighted by Crippen LogP contribution is 2.22. The molecule has 0 saturated heterocycles. The molecule has 0 aliphatic carbocycles. The number of benzene rings is 1. The Morgan fingerprint density at radius 2 is 1.96 bits per heavy atom. The second-order valence-electron chi connectivity index (χ2n) is 5.02. The first-order valence-electron chi connectivity index (χ1n) is 7.27. The highest BCUT2D eigenvalue weighted by atomic mass is 35.5. The predicted molar refractivity (Wildman–Crippen MR) is 92.0 cm³/mol. The molecule has 23 heavy (non-hydrogen) atoms. The summed E-state index contributed by atoms with van der Waals surface area (Å²) >= 11 is 7.19. The maximum absolute atomic E-state index is 11.9. The number of carbonyl (C=O) groups is 2. The molecular formula is C17H18ClNO3S. The standard InChI is InChI=1S/C17H18ClNO3S/c1-3-13-8-15(23-11(13)2)17(21)22-10-16(20)19-9-12-4-6-14(18)7-5-12/h4-8H,3,9-10H2,1-2H3,(H,19,20). The van der Waals surface area contributed by atoms with Gasteiger partial charge in [0.1, 0.15) is 4.88 Å². The number of amides is 1. The van der Waals surface area contributed by atoms with Gasteiger partial charge < -0.3 is 10.1 Å². The van der Waals surface area contributed by atoms with Gasteiger partial charge in [-0.2, -0.15) is 0 Å². The normalized spacial score (nSPS) is 10.4. The first kappa shape index (κ1) is 17.5. The minimum atomic E-state index is -0.459. The molecule has 0 spiro atoms. The van der Waals surface area contributed by atoms with Crippen LogP contribution in [0.25, 0.3) is 0 Å². The van der Waals surface area contributed by atoms with Crippen molar-refractivity contribution in [2.45, 2.75) is 26.8 Å². The number of hydrogen-bond donors (Lipinski definition) is 1. The number of ether oxygens (including phenoxy) is 1. The largest absolute Gasteiger partial charge is 0.451 e. The Bertz CT molecular complexity index is 694. The third kappa shape index (κ3) is 5.08. The van der Waals surface area contributed by atoms with Crippen molar-refractivity contribution in [2.24, 2.45) is 0 Å². The van der Waals surface area contributed by atoms with Crippen LogP contribution >= 0.6 is 22.9 Å². The lowest BCUT2D eigenvalue weighted by Crippen LogP contribution is -2.28. The second-order valence-corrected chi connectivity index (χ2v) is 6.72. The van der Waals surface area contributed by atoms with Crippen LogP contribution in [0.4, 0.5) is 0 Å². The third-order valence-corrected chi connectivity index (χ3v) is 4.66. The van der Waals surface area contributed by atoms with E-state index in [9.17, 15) is 9.59 Å². The number of hydrogen-bond acceptors (Lipinski definition) is 4. The van der Waals surface area contributed by atoms with Crippen molar-refractivity contribution in [3.8, 4) is 0 Å². The predicted octanol–water partition coefficient (Wildman–Crippen LogP) is 3.75. The lowest BCUT2D eigenvalue weighted by molar-refractivity contribution is -0.124. The van der Waals surface area contributed by atoms with Crippen LogP contribution in [0.2, 0.25) is 5.02 Å². The molecule has 0 aliphatic heterocycles. The minimum Gasteiger partial charge on any atom is -0.451 e. The zero-order valence-electron chi connectivity index (χ0n) is 13.0. The molecule has 1 N–H and O–H groups in total. The van der Waals surface area contributed by atoms with Gasteiger partial charge in [-0.15, -0.1) is 11.3 Å². The van der Waals surface area contributed by atoms with Gasteiger partial charge in [-0.25, -0.2) is 4.79 Å². The van der Waals surface area contributed by atoms with Crippen molar-refractivity contribution >= 4 is 34.8 Å². The molecule has 122 valence electrons. The fourth-order valence-electron chi connectivity index (χ4n) is 2.03. The Morgan fingerprint density at radius 1 is 1.26 bits per heavy atom. The van der Waals surface area contributed by atoms with Gasteiger partial charge in [0.25, 0.3) is 5.91 Å². The number of thiophene rings is 1. The summed E-state index contributed by atoms with van der Waals surface area (Å²) in [5.41, 5.74) is 2.06. The lowest BCUT2D eigenvalue weighted by Gasteiger charge is -2.06. The van der Waals surface area contributed by atoms with E-state index in [0.717, 1.165) is 22.4 Å². The summed E-state index contributed by atoms with van der Waals surface area (Å²) in [6, 6.07) is 9.00. The Hall–Kier alpha value is -1.85. The summed E-state index contributed by atoms with van der Waals surface area (Å²) in [6.45, 7) is 4.09. The van der Waals surface area contributed by atoms with Crippen LogP contribution in [0.15, 0.2) is 30.3 Å². The van der Waals surface area contributed by atoms with Crippen LogP contribution < -0.4 is 5.32 Å². The molecule has 0 bridgehead atoms. The quantitative estimate of drug-likeness (QED) is 0.806. The highest BCUT2D eigenvalue weighted by molar-refractivity contribution is 7.14. The topological polar surface area (TPSA) is 55.4 Å². The lowest BCUT2D eigenvalue weighted by atomic mass is 10.2. The van der Waals surface area contributed by atoms with E-state index in [-0.39, 0.29) is 12.5 Å². The zero-order valence-corrected chi connectivity index (χ0v) is 14.6. The van der Waals surface area contributed by atoms with E-state index in [1.807, 2.05) is 32.0 Å². The summed E-state index contributed by atoms with van der Waals surface area (Å²) in [7, 11) is 0. The number of aryl methyl sites for hydroxylation is 2. The maximum Gasteiger partial charge on any atom is 0.348 e. The van der Waals surface area contributed by atoms with Crippen molar-refractivity contribution in [1.29, 1.82) is 0 Å². The molecule has 1 amide bonds. The fraction of sp³-hybridized carbons (Fsp3) is 0.294. The van der Waals surface area contributed by atoms with E-state index in [1.165, 1.54) is 11.3 Å². The third-order valence-electron chi connectivity index (χ3n) is 3.34. The van der Waals surface area contributed by atoms with E-state index in [2.05, 4.69) is 5.32 Å². The van der Waals surface area contributed by atoms with Gasteiger partial charge in [0, 0.05) is 16.4 Å². The van der Waals surface area contributed by atoms with E-state index in [4.69, 9.17) is 16.3 Å². The Kier molecular flexibility index (Phi) is 6.19. The van der Waals surface area contributed by atoms with E-state index >= 15 is 0 Å². The van der Waals surface area contributed by atoms with Crippen LogP contribution in [0.1, 0.15) is 32.6 Å². The number of nitrogens with one attached hydrogen (secondary N) is 1. The van der Waals surface area contributed by atoms with Gasteiger partial charge in [-0.3, -0.25) is 4.79 Å². The molecule has 1 heterocycles. The Morgan fingerprint density at radius 3 is 2.57 bits per heavy atom. The Labute approximate surface area is 144 Å². The van der Waals surface area contributed by atoms with Gasteiger partial charge in [-0.05, 0) is 42.7 Å². The maximum atomic E-state index is 11.9. The SMILES string of the molecule is CCc1cc(C(=O)OCC(=O)NCc2ccc(Cl)cc2)sc1C. The van der Waals surface area contributed by atoms with Gasteiger partial charge in [-0.1, -0.05) is 30.7 Å². The monoisotopic (exact) mass is 351 g/mol. The zero-order chi connectivity index (χ0) is 16.8. The van der Waals surface area contributed by atoms with E-state index in [1.54, 1.807) is 12.1 Å². The second kappa shape index (κ2) is 8.13. The van der Waals surface area contributed by atoms with Crippen molar-refractivity contribution < 1.29 is 14.3 Å². The van der Waals surface area contributed by atoms with Crippen molar-refractivity contribution in [3.63, 3.8) is 0 Å². The van der Waals surface area contributed by atoms with Crippen LogP contribution in [0.3, 0.4) is 0 Å². The summed E-state index contributed by atoms with van der Waals surface area (Å²) in [5.74, 6) is -0.795. The molecular weight excluding hydrogens is 334 g/mol.